The Morgan fingerprint density at radius 3 is 2.40 bits per heavy atom. The average molecular weight is 143 g/mol. The number of nitrogens with zero attached hydrogens (tertiary/aromatic N) is 2. The lowest BCUT2D eigenvalue weighted by atomic mass is 10.1. The van der Waals surface area contributed by atoms with Crippen LogP contribution in [-0.4, -0.2) is 42.6 Å². The molecule has 1 rings (SSSR count). The number of nitrogens with two attached hydrogens (primary N) is 1. The number of urea groups is 1. The Kier molecular flexibility index (Phi) is 1.80. The molecule has 0 aliphatic carbocycles. The minimum Gasteiger partial charge on any atom is -0.351 e. The van der Waals surface area contributed by atoms with Gasteiger partial charge in [0.2, 0.25) is 0 Å². The minimum absolute atomic E-state index is 0.234. The van der Waals surface area contributed by atoms with Crippen LogP contribution in [0.5, 0.6) is 0 Å². The maximum absolute atomic E-state index is 10.6. The highest BCUT2D eigenvalue weighted by Crippen LogP contribution is 2.17. The molecule has 0 saturated carbocycles. The number of hydrogen-bond donors (Lipinski definition) is 1. The Hall–Kier alpha value is -0.770. The largest absolute Gasteiger partial charge is 0.351 e. The number of carbonyl (C=O) groups excluding carboxylic acids is 1. The van der Waals surface area contributed by atoms with Crippen molar-refractivity contribution in [3.63, 3.8) is 0 Å². The molecule has 0 spiro atoms. The Morgan fingerprint density at radius 2 is 2.30 bits per heavy atom. The number of carbonyl (C=O) groups is 1. The van der Waals surface area contributed by atoms with Gasteiger partial charge in [-0.15, -0.1) is 0 Å². The molecule has 0 aromatic carbocycles. The first kappa shape index (κ1) is 7.34. The fraction of sp³-hybridized carbons (Fsp3) is 0.833. The molecule has 1 aliphatic rings. The SMILES string of the molecule is CN(C)C1CCN1C(N)=O. The maximum atomic E-state index is 10.6. The summed E-state index contributed by atoms with van der Waals surface area (Å²) in [5.41, 5.74) is 5.09. The normalized spacial score (nSPS) is 24.7. The van der Waals surface area contributed by atoms with Crippen LogP contribution in [0.1, 0.15) is 6.42 Å². The summed E-state index contributed by atoms with van der Waals surface area (Å²) in [5, 5.41) is 0. The van der Waals surface area contributed by atoms with Gasteiger partial charge in [0.05, 0.1) is 6.17 Å². The zero-order chi connectivity index (χ0) is 7.72. The lowest BCUT2D eigenvalue weighted by Crippen LogP contribution is -2.59. The van der Waals surface area contributed by atoms with E-state index in [1.165, 1.54) is 0 Å². The molecule has 2 N–H and O–H groups in total. The van der Waals surface area contributed by atoms with Gasteiger partial charge in [-0.3, -0.25) is 4.90 Å². The smallest absolute Gasteiger partial charge is 0.316 e. The van der Waals surface area contributed by atoms with Crippen LogP contribution >= 0.6 is 0 Å². The average Bonchev–Trinajstić information content (AvgIpc) is 1.56. The number of rotatable bonds is 1. The topological polar surface area (TPSA) is 49.6 Å². The van der Waals surface area contributed by atoms with Gasteiger partial charge < -0.3 is 10.6 Å². The Labute approximate surface area is 60.6 Å². The van der Waals surface area contributed by atoms with E-state index in [1.807, 2.05) is 19.0 Å². The van der Waals surface area contributed by atoms with Crippen LogP contribution < -0.4 is 5.73 Å². The zero-order valence-corrected chi connectivity index (χ0v) is 6.37. The lowest BCUT2D eigenvalue weighted by Gasteiger charge is -2.43. The Morgan fingerprint density at radius 1 is 1.70 bits per heavy atom. The van der Waals surface area contributed by atoms with E-state index in [1.54, 1.807) is 4.90 Å². The Bertz CT molecular complexity index is 146. The lowest BCUT2D eigenvalue weighted by molar-refractivity contribution is 0.0298. The van der Waals surface area contributed by atoms with Crippen LogP contribution in [0, 0.1) is 0 Å². The molecule has 4 heteroatoms. The highest BCUT2D eigenvalue weighted by Gasteiger charge is 2.31. The quantitative estimate of drug-likeness (QED) is 0.546. The van der Waals surface area contributed by atoms with Gasteiger partial charge in [-0.1, -0.05) is 0 Å². The van der Waals surface area contributed by atoms with Gasteiger partial charge in [0.15, 0.2) is 0 Å². The molecule has 58 valence electrons. The molecule has 1 aliphatic heterocycles. The molecule has 1 atom stereocenters. The summed E-state index contributed by atoms with van der Waals surface area (Å²) in [6, 6.07) is -0.315. The Balaban J connectivity index is 2.43. The number of primary amides is 1. The van der Waals surface area contributed by atoms with Gasteiger partial charge >= 0.3 is 6.03 Å². The summed E-state index contributed by atoms with van der Waals surface area (Å²) < 4.78 is 0. The monoisotopic (exact) mass is 143 g/mol. The second kappa shape index (κ2) is 2.46. The van der Waals surface area contributed by atoms with Gasteiger partial charge in [0, 0.05) is 6.54 Å². The summed E-state index contributed by atoms with van der Waals surface area (Å²) >= 11 is 0. The molecule has 0 bridgehead atoms. The van der Waals surface area contributed by atoms with Crippen LogP contribution in [-0.2, 0) is 0 Å². The fourth-order valence-electron chi connectivity index (χ4n) is 1.17. The first-order valence-corrected chi connectivity index (χ1v) is 3.35. The van der Waals surface area contributed by atoms with Crippen LogP contribution in [0.3, 0.4) is 0 Å². The van der Waals surface area contributed by atoms with E-state index in [2.05, 4.69) is 0 Å². The third kappa shape index (κ3) is 1.07. The van der Waals surface area contributed by atoms with Crippen LogP contribution in [0.2, 0.25) is 0 Å². The van der Waals surface area contributed by atoms with Gasteiger partial charge in [0.1, 0.15) is 0 Å². The van der Waals surface area contributed by atoms with Gasteiger partial charge in [-0.05, 0) is 20.5 Å². The number of likely N-dealkylation sites (tertiary alicyclic amines) is 1. The standard InChI is InChI=1S/C6H13N3O/c1-8(2)5-3-4-9(5)6(7)10/h5H,3-4H2,1-2H3,(H2,7,10). The van der Waals surface area contributed by atoms with Crippen molar-refractivity contribution in [1.82, 2.24) is 9.80 Å². The third-order valence-corrected chi connectivity index (χ3v) is 1.87. The third-order valence-electron chi connectivity index (χ3n) is 1.87. The number of hydrogen-bond acceptors (Lipinski definition) is 2. The van der Waals surface area contributed by atoms with Crippen molar-refractivity contribution in [3.05, 3.63) is 0 Å². The molecule has 10 heavy (non-hydrogen) atoms. The van der Waals surface area contributed by atoms with Crippen molar-refractivity contribution in [2.75, 3.05) is 20.6 Å². The van der Waals surface area contributed by atoms with E-state index in [4.69, 9.17) is 5.73 Å². The minimum atomic E-state index is -0.315. The van der Waals surface area contributed by atoms with E-state index in [0.717, 1.165) is 13.0 Å². The molecule has 0 aromatic rings. The van der Waals surface area contributed by atoms with E-state index >= 15 is 0 Å². The summed E-state index contributed by atoms with van der Waals surface area (Å²) in [5.74, 6) is 0. The van der Waals surface area contributed by atoms with Crippen LogP contribution in [0.15, 0.2) is 0 Å². The summed E-state index contributed by atoms with van der Waals surface area (Å²) in [7, 11) is 3.89. The van der Waals surface area contributed by atoms with E-state index in [9.17, 15) is 4.79 Å². The molecule has 1 unspecified atom stereocenters. The van der Waals surface area contributed by atoms with Crippen LogP contribution in [0.25, 0.3) is 0 Å². The highest BCUT2D eigenvalue weighted by atomic mass is 16.2. The van der Waals surface area contributed by atoms with Crippen molar-refractivity contribution in [1.29, 1.82) is 0 Å². The van der Waals surface area contributed by atoms with Crippen molar-refractivity contribution in [2.45, 2.75) is 12.6 Å². The molecule has 1 fully saturated rings. The summed E-state index contributed by atoms with van der Waals surface area (Å²) in [6.07, 6.45) is 1.27. The fourth-order valence-corrected chi connectivity index (χ4v) is 1.17. The van der Waals surface area contributed by atoms with Crippen LogP contribution in [0.4, 0.5) is 4.79 Å². The van der Waals surface area contributed by atoms with E-state index in [0.29, 0.717) is 0 Å². The molecule has 4 nitrogen and oxygen atoms in total. The van der Waals surface area contributed by atoms with Crippen molar-refractivity contribution < 1.29 is 4.79 Å². The molecule has 0 aromatic heterocycles. The summed E-state index contributed by atoms with van der Waals surface area (Å²) in [6.45, 7) is 0.804. The molecule has 1 saturated heterocycles. The van der Waals surface area contributed by atoms with Gasteiger partial charge in [-0.2, -0.15) is 0 Å². The molecule has 2 amide bonds. The predicted octanol–water partition coefficient (Wildman–Crippen LogP) is -0.342. The van der Waals surface area contributed by atoms with Crippen molar-refractivity contribution in [3.8, 4) is 0 Å². The molecular weight excluding hydrogens is 130 g/mol. The summed E-state index contributed by atoms with van der Waals surface area (Å²) in [4.78, 5) is 14.3. The first-order chi connectivity index (χ1) is 4.63. The number of amides is 2. The molecular formula is C6H13N3O. The second-order valence-corrected chi connectivity index (χ2v) is 2.76. The van der Waals surface area contributed by atoms with Gasteiger partial charge in [-0.25, -0.2) is 4.79 Å². The zero-order valence-electron chi connectivity index (χ0n) is 6.37. The van der Waals surface area contributed by atoms with Crippen molar-refractivity contribution in [2.24, 2.45) is 5.73 Å². The maximum Gasteiger partial charge on any atom is 0.316 e. The van der Waals surface area contributed by atoms with E-state index in [-0.39, 0.29) is 12.2 Å². The van der Waals surface area contributed by atoms with Crippen molar-refractivity contribution >= 4 is 6.03 Å². The van der Waals surface area contributed by atoms with Gasteiger partial charge in [0.25, 0.3) is 0 Å². The molecule has 1 heterocycles. The molecule has 0 radical (unpaired) electrons. The first-order valence-electron chi connectivity index (χ1n) is 3.35. The highest BCUT2D eigenvalue weighted by molar-refractivity contribution is 5.73. The predicted molar refractivity (Wildman–Crippen MR) is 38.4 cm³/mol. The van der Waals surface area contributed by atoms with E-state index < -0.39 is 0 Å². The second-order valence-electron chi connectivity index (χ2n) is 2.76.